The van der Waals surface area contributed by atoms with E-state index in [4.69, 9.17) is 4.42 Å². The quantitative estimate of drug-likeness (QED) is 0.890. The second-order valence-corrected chi connectivity index (χ2v) is 5.87. The Hall–Kier alpha value is -2.14. The van der Waals surface area contributed by atoms with Crippen molar-refractivity contribution in [1.29, 1.82) is 0 Å². The first kappa shape index (κ1) is 15.7. The second-order valence-electron chi connectivity index (χ2n) is 5.87. The molecule has 1 atom stereocenters. The summed E-state index contributed by atoms with van der Waals surface area (Å²) in [5.41, 5.74) is 0.462. The number of hydrogen-bond acceptors (Lipinski definition) is 3. The van der Waals surface area contributed by atoms with Gasteiger partial charge in [-0.2, -0.15) is 0 Å². The Kier molecular flexibility index (Phi) is 4.76. The maximum Gasteiger partial charge on any atom is 0.224 e. The average molecular weight is 316 g/mol. The summed E-state index contributed by atoms with van der Waals surface area (Å²) in [7, 11) is 0. The number of nitrogens with zero attached hydrogens (tertiary/aromatic N) is 1. The lowest BCUT2D eigenvalue weighted by Crippen LogP contribution is -2.32. The summed E-state index contributed by atoms with van der Waals surface area (Å²) in [6.45, 7) is 4.16. The molecule has 1 aliphatic heterocycles. The van der Waals surface area contributed by atoms with Crippen LogP contribution in [0.5, 0.6) is 0 Å². The second kappa shape index (κ2) is 6.96. The largest absolute Gasteiger partial charge is 0.460 e. The van der Waals surface area contributed by atoms with Gasteiger partial charge in [-0.3, -0.25) is 4.79 Å². The Morgan fingerprint density at radius 3 is 2.91 bits per heavy atom. The molecule has 1 aliphatic rings. The number of benzene rings is 1. The molecule has 1 N–H and O–H groups in total. The molecule has 1 saturated heterocycles. The van der Waals surface area contributed by atoms with Crippen molar-refractivity contribution in [3.05, 3.63) is 48.0 Å². The van der Waals surface area contributed by atoms with Crippen molar-refractivity contribution < 1.29 is 13.6 Å². The van der Waals surface area contributed by atoms with Crippen LogP contribution in [0.1, 0.15) is 25.5 Å². The number of halogens is 1. The summed E-state index contributed by atoms with van der Waals surface area (Å²) >= 11 is 0. The van der Waals surface area contributed by atoms with Gasteiger partial charge in [-0.25, -0.2) is 4.39 Å². The molecule has 1 aromatic heterocycles. The molecule has 5 heteroatoms. The zero-order valence-electron chi connectivity index (χ0n) is 13.2. The van der Waals surface area contributed by atoms with Crippen LogP contribution in [0.4, 0.5) is 4.39 Å². The molecule has 4 nitrogen and oxygen atoms in total. The van der Waals surface area contributed by atoms with Gasteiger partial charge in [0, 0.05) is 25.6 Å². The van der Waals surface area contributed by atoms with Gasteiger partial charge < -0.3 is 14.6 Å². The van der Waals surface area contributed by atoms with E-state index >= 15 is 0 Å². The van der Waals surface area contributed by atoms with Crippen molar-refractivity contribution >= 4 is 5.91 Å². The van der Waals surface area contributed by atoms with E-state index < -0.39 is 0 Å². The Morgan fingerprint density at radius 1 is 1.30 bits per heavy atom. The number of furan rings is 1. The molecule has 0 bridgehead atoms. The molecule has 122 valence electrons. The van der Waals surface area contributed by atoms with E-state index in [0.717, 1.165) is 25.3 Å². The highest BCUT2D eigenvalue weighted by atomic mass is 19.1. The Morgan fingerprint density at radius 2 is 2.13 bits per heavy atom. The molecule has 1 fully saturated rings. The van der Waals surface area contributed by atoms with E-state index in [1.807, 2.05) is 11.0 Å². The van der Waals surface area contributed by atoms with E-state index in [2.05, 4.69) is 12.2 Å². The van der Waals surface area contributed by atoms with E-state index in [1.54, 1.807) is 24.3 Å². The molecule has 3 rings (SSSR count). The van der Waals surface area contributed by atoms with E-state index in [9.17, 15) is 9.18 Å². The molecular weight excluding hydrogens is 295 g/mol. The van der Waals surface area contributed by atoms with Gasteiger partial charge >= 0.3 is 0 Å². The third kappa shape index (κ3) is 3.62. The molecule has 2 heterocycles. The highest BCUT2D eigenvalue weighted by Gasteiger charge is 2.28. The van der Waals surface area contributed by atoms with Gasteiger partial charge in [0.05, 0.1) is 12.1 Å². The van der Waals surface area contributed by atoms with Crippen LogP contribution in [0.25, 0.3) is 11.3 Å². The van der Waals surface area contributed by atoms with Gasteiger partial charge in [0.25, 0.3) is 0 Å². The van der Waals surface area contributed by atoms with E-state index in [1.165, 1.54) is 6.07 Å². The Labute approximate surface area is 135 Å². The summed E-state index contributed by atoms with van der Waals surface area (Å²) in [5, 5.41) is 3.35. The topological polar surface area (TPSA) is 45.5 Å². The SMILES string of the molecule is CCCN1CC(NCc2ccc(-c3ccccc3F)o2)CC1=O. The minimum absolute atomic E-state index is 0.149. The van der Waals surface area contributed by atoms with Gasteiger partial charge in [0.2, 0.25) is 5.91 Å². The highest BCUT2D eigenvalue weighted by Crippen LogP contribution is 2.25. The van der Waals surface area contributed by atoms with Crippen LogP contribution in [0, 0.1) is 5.82 Å². The minimum Gasteiger partial charge on any atom is -0.460 e. The van der Waals surface area contributed by atoms with Crippen LogP contribution < -0.4 is 5.32 Å². The smallest absolute Gasteiger partial charge is 0.224 e. The van der Waals surface area contributed by atoms with Crippen LogP contribution in [0.2, 0.25) is 0 Å². The molecule has 1 unspecified atom stereocenters. The monoisotopic (exact) mass is 316 g/mol. The fourth-order valence-electron chi connectivity index (χ4n) is 2.92. The number of likely N-dealkylation sites (tertiary alicyclic amines) is 1. The molecular formula is C18H21FN2O2. The number of hydrogen-bond donors (Lipinski definition) is 1. The number of amides is 1. The lowest BCUT2D eigenvalue weighted by Gasteiger charge is -2.15. The first-order chi connectivity index (χ1) is 11.2. The molecule has 0 aliphatic carbocycles. The fourth-order valence-corrected chi connectivity index (χ4v) is 2.92. The molecule has 1 aromatic carbocycles. The third-order valence-corrected chi connectivity index (χ3v) is 4.07. The number of rotatable bonds is 6. The average Bonchev–Trinajstić information content (AvgIpc) is 3.14. The molecule has 1 amide bonds. The van der Waals surface area contributed by atoms with Gasteiger partial charge in [-0.05, 0) is 30.7 Å². The van der Waals surface area contributed by atoms with Crippen molar-refractivity contribution in [2.24, 2.45) is 0 Å². The predicted molar refractivity (Wildman–Crippen MR) is 86.2 cm³/mol. The number of nitrogens with one attached hydrogen (secondary N) is 1. The zero-order valence-corrected chi connectivity index (χ0v) is 13.2. The standard InChI is InChI=1S/C18H21FN2O2/c1-2-9-21-12-13(10-18(21)22)20-11-14-7-8-17(23-14)15-5-3-4-6-16(15)19/h3-8,13,20H,2,9-12H2,1H3. The lowest BCUT2D eigenvalue weighted by molar-refractivity contribution is -0.127. The Balaban J connectivity index is 1.58. The van der Waals surface area contributed by atoms with Crippen LogP contribution in [0.3, 0.4) is 0 Å². The van der Waals surface area contributed by atoms with E-state index in [-0.39, 0.29) is 17.8 Å². The van der Waals surface area contributed by atoms with Crippen LogP contribution in [-0.4, -0.2) is 29.9 Å². The molecule has 0 radical (unpaired) electrons. The highest BCUT2D eigenvalue weighted by molar-refractivity contribution is 5.79. The maximum absolute atomic E-state index is 13.8. The summed E-state index contributed by atoms with van der Waals surface area (Å²) in [5.74, 6) is 1.17. The predicted octanol–water partition coefficient (Wildman–Crippen LogP) is 3.19. The first-order valence-corrected chi connectivity index (χ1v) is 8.02. The summed E-state index contributed by atoms with van der Waals surface area (Å²) in [6, 6.07) is 10.3. The minimum atomic E-state index is -0.294. The Bertz CT molecular complexity index is 683. The summed E-state index contributed by atoms with van der Waals surface area (Å²) in [4.78, 5) is 13.7. The van der Waals surface area contributed by atoms with Crippen molar-refractivity contribution in [2.75, 3.05) is 13.1 Å². The van der Waals surface area contributed by atoms with E-state index in [0.29, 0.717) is 24.3 Å². The third-order valence-electron chi connectivity index (χ3n) is 4.07. The maximum atomic E-state index is 13.8. The van der Waals surface area contributed by atoms with Gasteiger partial charge in [-0.1, -0.05) is 19.1 Å². The van der Waals surface area contributed by atoms with Gasteiger partial charge in [-0.15, -0.1) is 0 Å². The first-order valence-electron chi connectivity index (χ1n) is 8.02. The lowest BCUT2D eigenvalue weighted by atomic mass is 10.1. The molecule has 0 spiro atoms. The molecule has 0 saturated carbocycles. The zero-order chi connectivity index (χ0) is 16.2. The fraction of sp³-hybridized carbons (Fsp3) is 0.389. The van der Waals surface area contributed by atoms with Gasteiger partial charge in [0.15, 0.2) is 0 Å². The number of carbonyl (C=O) groups is 1. The summed E-state index contributed by atoms with van der Waals surface area (Å²) < 4.78 is 19.5. The van der Waals surface area contributed by atoms with Gasteiger partial charge in [0.1, 0.15) is 17.3 Å². The molecule has 23 heavy (non-hydrogen) atoms. The normalized spacial score (nSPS) is 17.9. The molecule has 2 aromatic rings. The van der Waals surface area contributed by atoms with Crippen molar-refractivity contribution in [2.45, 2.75) is 32.4 Å². The van der Waals surface area contributed by atoms with Crippen LogP contribution >= 0.6 is 0 Å². The number of carbonyl (C=O) groups excluding carboxylic acids is 1. The van der Waals surface area contributed by atoms with Crippen molar-refractivity contribution in [3.63, 3.8) is 0 Å². The van der Waals surface area contributed by atoms with Crippen LogP contribution in [0.15, 0.2) is 40.8 Å². The van der Waals surface area contributed by atoms with Crippen molar-refractivity contribution in [3.8, 4) is 11.3 Å². The summed E-state index contributed by atoms with van der Waals surface area (Å²) in [6.07, 6.45) is 1.50. The van der Waals surface area contributed by atoms with Crippen LogP contribution in [-0.2, 0) is 11.3 Å². The van der Waals surface area contributed by atoms with Crippen molar-refractivity contribution in [1.82, 2.24) is 10.2 Å².